The van der Waals surface area contributed by atoms with Gasteiger partial charge in [-0.25, -0.2) is 0 Å². The number of nitrogens with one attached hydrogen (secondary N) is 2. The second-order valence-corrected chi connectivity index (χ2v) is 5.41. The summed E-state index contributed by atoms with van der Waals surface area (Å²) in [5, 5.41) is 6.55. The fourth-order valence-electron chi connectivity index (χ4n) is 1.71. The number of rotatable bonds is 7. The molecular formula is C16H28IN3O2. The molecule has 6 heteroatoms. The first kappa shape index (κ1) is 21.0. The van der Waals surface area contributed by atoms with E-state index in [0.717, 1.165) is 24.7 Å². The van der Waals surface area contributed by atoms with Crippen molar-refractivity contribution in [3.8, 4) is 5.75 Å². The van der Waals surface area contributed by atoms with Crippen LogP contribution in [0.1, 0.15) is 19.4 Å². The molecule has 0 bridgehead atoms. The first-order valence-electron chi connectivity index (χ1n) is 7.13. The van der Waals surface area contributed by atoms with Crippen LogP contribution in [0.25, 0.3) is 0 Å². The van der Waals surface area contributed by atoms with E-state index >= 15 is 0 Å². The standard InChI is InChI=1S/C16H27N3O2.HI/c1-16(2,21-5)12-19-15(17-3)18-11-10-13-6-8-14(20-4)9-7-13;/h6-9H,10-12H2,1-5H3,(H2,17,18,19);1H. The van der Waals surface area contributed by atoms with E-state index in [4.69, 9.17) is 9.47 Å². The van der Waals surface area contributed by atoms with E-state index in [-0.39, 0.29) is 29.6 Å². The summed E-state index contributed by atoms with van der Waals surface area (Å²) < 4.78 is 10.5. The zero-order valence-electron chi connectivity index (χ0n) is 14.1. The Morgan fingerprint density at radius 2 is 1.77 bits per heavy atom. The van der Waals surface area contributed by atoms with Gasteiger partial charge in [-0.3, -0.25) is 4.99 Å². The fourth-order valence-corrected chi connectivity index (χ4v) is 1.71. The van der Waals surface area contributed by atoms with Crippen LogP contribution in [0.5, 0.6) is 5.75 Å². The highest BCUT2D eigenvalue weighted by atomic mass is 127. The normalized spacial score (nSPS) is 11.6. The van der Waals surface area contributed by atoms with Crippen LogP contribution in [0.2, 0.25) is 0 Å². The van der Waals surface area contributed by atoms with E-state index < -0.39 is 0 Å². The van der Waals surface area contributed by atoms with Crippen LogP contribution < -0.4 is 15.4 Å². The molecule has 0 aliphatic heterocycles. The Morgan fingerprint density at radius 1 is 1.14 bits per heavy atom. The van der Waals surface area contributed by atoms with E-state index in [1.807, 2.05) is 26.0 Å². The van der Waals surface area contributed by atoms with E-state index in [1.54, 1.807) is 21.3 Å². The van der Waals surface area contributed by atoms with E-state index in [1.165, 1.54) is 5.56 Å². The van der Waals surface area contributed by atoms with Crippen molar-refractivity contribution in [1.29, 1.82) is 0 Å². The van der Waals surface area contributed by atoms with Crippen LogP contribution in [0.15, 0.2) is 29.3 Å². The van der Waals surface area contributed by atoms with Crippen LogP contribution >= 0.6 is 24.0 Å². The van der Waals surface area contributed by atoms with Gasteiger partial charge in [-0.1, -0.05) is 12.1 Å². The number of halogens is 1. The number of nitrogens with zero attached hydrogens (tertiary/aromatic N) is 1. The van der Waals surface area contributed by atoms with Crippen LogP contribution in [0.3, 0.4) is 0 Å². The summed E-state index contributed by atoms with van der Waals surface area (Å²) in [5.41, 5.74) is 1.05. The van der Waals surface area contributed by atoms with Gasteiger partial charge >= 0.3 is 0 Å². The zero-order chi connectivity index (χ0) is 15.7. The molecule has 0 aliphatic rings. The Morgan fingerprint density at radius 3 is 2.27 bits per heavy atom. The van der Waals surface area contributed by atoms with E-state index in [2.05, 4.69) is 27.8 Å². The minimum absolute atomic E-state index is 0. The molecule has 2 N–H and O–H groups in total. The van der Waals surface area contributed by atoms with Crippen molar-refractivity contribution in [3.05, 3.63) is 29.8 Å². The second-order valence-electron chi connectivity index (χ2n) is 5.41. The number of aliphatic imine (C=N–C) groups is 1. The maximum Gasteiger partial charge on any atom is 0.191 e. The number of guanidine groups is 1. The maximum atomic E-state index is 5.37. The van der Waals surface area contributed by atoms with Crippen LogP contribution in [0.4, 0.5) is 0 Å². The third-order valence-corrected chi connectivity index (χ3v) is 3.32. The molecule has 0 aromatic heterocycles. The molecule has 22 heavy (non-hydrogen) atoms. The zero-order valence-corrected chi connectivity index (χ0v) is 16.4. The first-order valence-corrected chi connectivity index (χ1v) is 7.13. The lowest BCUT2D eigenvalue weighted by molar-refractivity contribution is 0.0268. The van der Waals surface area contributed by atoms with Gasteiger partial charge in [-0.2, -0.15) is 0 Å². The predicted molar refractivity (Wildman–Crippen MR) is 103 cm³/mol. The predicted octanol–water partition coefficient (Wildman–Crippen LogP) is 2.45. The molecule has 0 heterocycles. The lowest BCUT2D eigenvalue weighted by Gasteiger charge is -2.24. The molecule has 5 nitrogen and oxygen atoms in total. The molecule has 0 atom stereocenters. The van der Waals surface area contributed by atoms with Crippen molar-refractivity contribution in [2.75, 3.05) is 34.4 Å². The Balaban J connectivity index is 0.00000441. The van der Waals surface area contributed by atoms with Crippen molar-refractivity contribution < 1.29 is 9.47 Å². The van der Waals surface area contributed by atoms with Gasteiger partial charge in [0.05, 0.1) is 12.7 Å². The SMILES string of the molecule is CN=C(NCCc1ccc(OC)cc1)NCC(C)(C)OC.I. The van der Waals surface area contributed by atoms with Gasteiger partial charge in [0.2, 0.25) is 0 Å². The fraction of sp³-hybridized carbons (Fsp3) is 0.562. The monoisotopic (exact) mass is 421 g/mol. The summed E-state index contributed by atoms with van der Waals surface area (Å²) in [6, 6.07) is 8.10. The van der Waals surface area contributed by atoms with Crippen molar-refractivity contribution in [1.82, 2.24) is 10.6 Å². The Hall–Kier alpha value is -1.02. The molecule has 0 amide bonds. The number of benzene rings is 1. The summed E-state index contributed by atoms with van der Waals surface area (Å²) in [6.07, 6.45) is 0.929. The topological polar surface area (TPSA) is 54.9 Å². The molecule has 0 radical (unpaired) electrons. The molecule has 126 valence electrons. The highest BCUT2D eigenvalue weighted by Gasteiger charge is 2.16. The molecule has 0 saturated carbocycles. The Labute approximate surface area is 150 Å². The van der Waals surface area contributed by atoms with Gasteiger partial charge in [-0.05, 0) is 38.0 Å². The lowest BCUT2D eigenvalue weighted by atomic mass is 10.1. The lowest BCUT2D eigenvalue weighted by Crippen LogP contribution is -2.45. The van der Waals surface area contributed by atoms with Crippen molar-refractivity contribution >= 4 is 29.9 Å². The largest absolute Gasteiger partial charge is 0.497 e. The average Bonchev–Trinajstić information content (AvgIpc) is 2.51. The minimum atomic E-state index is -0.215. The first-order chi connectivity index (χ1) is 10.0. The quantitative estimate of drug-likeness (QED) is 0.404. The van der Waals surface area contributed by atoms with Crippen molar-refractivity contribution in [2.45, 2.75) is 25.9 Å². The van der Waals surface area contributed by atoms with Gasteiger partial charge in [0.25, 0.3) is 0 Å². The van der Waals surface area contributed by atoms with E-state index in [0.29, 0.717) is 6.54 Å². The maximum absolute atomic E-state index is 5.37. The van der Waals surface area contributed by atoms with Crippen molar-refractivity contribution in [2.24, 2.45) is 4.99 Å². The van der Waals surface area contributed by atoms with Gasteiger partial charge in [0.1, 0.15) is 5.75 Å². The van der Waals surface area contributed by atoms with Gasteiger partial charge < -0.3 is 20.1 Å². The third-order valence-electron chi connectivity index (χ3n) is 3.32. The average molecular weight is 421 g/mol. The smallest absolute Gasteiger partial charge is 0.191 e. The highest BCUT2D eigenvalue weighted by Crippen LogP contribution is 2.11. The molecule has 0 aliphatic carbocycles. The minimum Gasteiger partial charge on any atom is -0.497 e. The van der Waals surface area contributed by atoms with Gasteiger partial charge in [0.15, 0.2) is 5.96 Å². The molecule has 1 aromatic carbocycles. The summed E-state index contributed by atoms with van der Waals surface area (Å²) >= 11 is 0. The highest BCUT2D eigenvalue weighted by molar-refractivity contribution is 14.0. The summed E-state index contributed by atoms with van der Waals surface area (Å²) in [4.78, 5) is 4.20. The van der Waals surface area contributed by atoms with E-state index in [9.17, 15) is 0 Å². The summed E-state index contributed by atoms with van der Waals surface area (Å²) in [5.74, 6) is 1.67. The molecule has 0 spiro atoms. The molecule has 1 aromatic rings. The number of methoxy groups -OCH3 is 2. The molecule has 0 fully saturated rings. The number of ether oxygens (including phenoxy) is 2. The molecule has 0 saturated heterocycles. The van der Waals surface area contributed by atoms with Crippen LogP contribution in [-0.2, 0) is 11.2 Å². The van der Waals surface area contributed by atoms with Crippen LogP contribution in [0, 0.1) is 0 Å². The number of hydrogen-bond acceptors (Lipinski definition) is 3. The second kappa shape index (κ2) is 10.7. The van der Waals surface area contributed by atoms with Gasteiger partial charge in [0, 0.05) is 27.2 Å². The molecule has 1 rings (SSSR count). The summed E-state index contributed by atoms with van der Waals surface area (Å²) in [6.45, 7) is 5.58. The van der Waals surface area contributed by atoms with Gasteiger partial charge in [-0.15, -0.1) is 24.0 Å². The third kappa shape index (κ3) is 7.84. The van der Waals surface area contributed by atoms with Crippen molar-refractivity contribution in [3.63, 3.8) is 0 Å². The van der Waals surface area contributed by atoms with Crippen LogP contribution in [-0.4, -0.2) is 45.9 Å². The molecular weight excluding hydrogens is 393 g/mol. The summed E-state index contributed by atoms with van der Waals surface area (Å²) in [7, 11) is 5.15. The molecule has 0 unspecified atom stereocenters. The Bertz CT molecular complexity index is 447. The Kier molecular flexibility index (Phi) is 10.2. The number of hydrogen-bond donors (Lipinski definition) is 2.